The van der Waals surface area contributed by atoms with Gasteiger partial charge in [-0.15, -0.1) is 0 Å². The van der Waals surface area contributed by atoms with Crippen molar-refractivity contribution in [3.8, 4) is 0 Å². The van der Waals surface area contributed by atoms with Crippen LogP contribution in [0.15, 0.2) is 0 Å². The summed E-state index contributed by atoms with van der Waals surface area (Å²) >= 11 is 2.48. The maximum Gasteiger partial charge on any atom is 0.332 e. The van der Waals surface area contributed by atoms with Crippen LogP contribution >= 0.6 is 22.6 Å². The molecular weight excluding hydrogens is 319 g/mol. The van der Waals surface area contributed by atoms with Crippen molar-refractivity contribution in [2.24, 2.45) is 0 Å². The number of ether oxygens (including phenoxy) is 2. The summed E-state index contributed by atoms with van der Waals surface area (Å²) in [5, 5.41) is 0. The molecule has 0 atom stereocenters. The summed E-state index contributed by atoms with van der Waals surface area (Å²) in [6, 6.07) is 0. The third-order valence-corrected chi connectivity index (χ3v) is 3.71. The van der Waals surface area contributed by atoms with Gasteiger partial charge in [0.1, 0.15) is 12.2 Å². The molecule has 1 fully saturated rings. The van der Waals surface area contributed by atoms with E-state index in [1.807, 2.05) is 20.8 Å². The molecule has 0 N–H and O–H groups in total. The first kappa shape index (κ1) is 14.2. The van der Waals surface area contributed by atoms with Gasteiger partial charge in [0, 0.05) is 3.92 Å². The van der Waals surface area contributed by atoms with E-state index in [1.165, 1.54) is 12.8 Å². The molecule has 0 aromatic rings. The van der Waals surface area contributed by atoms with Gasteiger partial charge in [-0.2, -0.15) is 0 Å². The van der Waals surface area contributed by atoms with Crippen LogP contribution in [0, 0.1) is 0 Å². The van der Waals surface area contributed by atoms with Gasteiger partial charge < -0.3 is 9.47 Å². The van der Waals surface area contributed by atoms with Gasteiger partial charge in [-0.3, -0.25) is 0 Å². The summed E-state index contributed by atoms with van der Waals surface area (Å²) in [5.41, 5.74) is -0.416. The number of hydrogen-bond acceptors (Lipinski definition) is 3. The van der Waals surface area contributed by atoms with E-state index >= 15 is 0 Å². The van der Waals surface area contributed by atoms with Crippen LogP contribution in [0.3, 0.4) is 0 Å². The zero-order valence-corrected chi connectivity index (χ0v) is 12.5. The second-order valence-corrected chi connectivity index (χ2v) is 7.03. The van der Waals surface area contributed by atoms with Gasteiger partial charge in [0.15, 0.2) is 0 Å². The Hall–Kier alpha value is 0.160. The summed E-state index contributed by atoms with van der Waals surface area (Å²) in [7, 11) is 0. The summed E-state index contributed by atoms with van der Waals surface area (Å²) < 4.78 is 11.5. The average Bonchev–Trinajstić information content (AvgIpc) is 2.14. The van der Waals surface area contributed by atoms with E-state index in [4.69, 9.17) is 9.47 Å². The van der Waals surface area contributed by atoms with Crippen LogP contribution in [0.1, 0.15) is 46.5 Å². The maximum absolute atomic E-state index is 11.4. The number of hydrogen-bond donors (Lipinski definition) is 0. The van der Waals surface area contributed by atoms with E-state index in [-0.39, 0.29) is 18.7 Å². The average molecular weight is 340 g/mol. The van der Waals surface area contributed by atoms with Gasteiger partial charge >= 0.3 is 5.97 Å². The third kappa shape index (κ3) is 6.03. The molecular formula is C12H21IO3. The van der Waals surface area contributed by atoms with Crippen LogP contribution in [-0.2, 0) is 14.3 Å². The van der Waals surface area contributed by atoms with Crippen molar-refractivity contribution in [2.45, 2.75) is 62.1 Å². The molecule has 0 spiro atoms. The lowest BCUT2D eigenvalue weighted by Crippen LogP contribution is -2.29. The molecule has 1 rings (SSSR count). The van der Waals surface area contributed by atoms with Crippen molar-refractivity contribution in [3.05, 3.63) is 0 Å². The fourth-order valence-corrected chi connectivity index (χ4v) is 2.46. The molecule has 4 heteroatoms. The monoisotopic (exact) mass is 340 g/mol. The number of alkyl halides is 1. The van der Waals surface area contributed by atoms with E-state index in [0.717, 1.165) is 16.8 Å². The molecule has 0 amide bonds. The molecule has 3 nitrogen and oxygen atoms in total. The minimum atomic E-state index is -0.416. The molecule has 16 heavy (non-hydrogen) atoms. The Balaban J connectivity index is 2.17. The Labute approximate surface area is 111 Å². The predicted octanol–water partition coefficient (Wildman–Crippen LogP) is 3.09. The van der Waals surface area contributed by atoms with Gasteiger partial charge in [-0.1, -0.05) is 22.6 Å². The Kier molecular flexibility index (Phi) is 5.50. The van der Waals surface area contributed by atoms with E-state index < -0.39 is 5.60 Å². The molecule has 0 saturated heterocycles. The topological polar surface area (TPSA) is 35.5 Å². The molecule has 0 aromatic heterocycles. The van der Waals surface area contributed by atoms with Crippen LogP contribution in [0.2, 0.25) is 0 Å². The number of carbonyl (C=O) groups is 1. The lowest BCUT2D eigenvalue weighted by atomic mass is 9.98. The van der Waals surface area contributed by atoms with Crippen LogP contribution < -0.4 is 0 Å². The Morgan fingerprint density at radius 2 is 1.81 bits per heavy atom. The van der Waals surface area contributed by atoms with Gasteiger partial charge in [0.2, 0.25) is 0 Å². The summed E-state index contributed by atoms with van der Waals surface area (Å²) in [4.78, 5) is 11.4. The molecule has 1 saturated carbocycles. The Morgan fingerprint density at radius 3 is 2.31 bits per heavy atom. The number of rotatable bonds is 3. The largest absolute Gasteiger partial charge is 0.458 e. The molecule has 0 heterocycles. The van der Waals surface area contributed by atoms with Crippen molar-refractivity contribution >= 4 is 28.6 Å². The molecule has 0 aliphatic heterocycles. The van der Waals surface area contributed by atoms with Crippen molar-refractivity contribution in [1.29, 1.82) is 0 Å². The fraction of sp³-hybridized carbons (Fsp3) is 0.917. The van der Waals surface area contributed by atoms with E-state index in [0.29, 0.717) is 0 Å². The summed E-state index contributed by atoms with van der Waals surface area (Å²) in [5.74, 6) is -0.260. The molecule has 0 aromatic carbocycles. The van der Waals surface area contributed by atoms with Crippen LogP contribution in [0.25, 0.3) is 0 Å². The fourth-order valence-electron chi connectivity index (χ4n) is 1.75. The first-order valence-electron chi connectivity index (χ1n) is 5.84. The Morgan fingerprint density at radius 1 is 1.25 bits per heavy atom. The van der Waals surface area contributed by atoms with Crippen molar-refractivity contribution in [1.82, 2.24) is 0 Å². The zero-order chi connectivity index (χ0) is 12.2. The Bertz CT molecular complexity index is 227. The van der Waals surface area contributed by atoms with Crippen molar-refractivity contribution < 1.29 is 14.3 Å². The molecule has 1 aliphatic rings. The SMILES string of the molecule is CC(C)(C)OC(=O)COC1CCC(I)CC1. The standard InChI is InChI=1S/C12H21IO3/c1-12(2,3)16-11(14)8-15-10-6-4-9(13)5-7-10/h9-10H,4-8H2,1-3H3. The van der Waals surface area contributed by atoms with Crippen molar-refractivity contribution in [3.63, 3.8) is 0 Å². The lowest BCUT2D eigenvalue weighted by molar-refractivity contribution is -0.162. The minimum absolute atomic E-state index is 0.0911. The van der Waals surface area contributed by atoms with Gasteiger partial charge in [0.25, 0.3) is 0 Å². The number of esters is 1. The number of halogens is 1. The highest BCUT2D eigenvalue weighted by Gasteiger charge is 2.22. The van der Waals surface area contributed by atoms with Crippen LogP contribution in [-0.4, -0.2) is 28.2 Å². The summed E-state index contributed by atoms with van der Waals surface area (Å²) in [6.07, 6.45) is 4.77. The highest BCUT2D eigenvalue weighted by molar-refractivity contribution is 14.1. The molecule has 0 unspecified atom stereocenters. The second-order valence-electron chi connectivity index (χ2n) is 5.27. The van der Waals surface area contributed by atoms with Crippen LogP contribution in [0.4, 0.5) is 0 Å². The van der Waals surface area contributed by atoms with Crippen LogP contribution in [0.5, 0.6) is 0 Å². The van der Waals surface area contributed by atoms with Gasteiger partial charge in [-0.25, -0.2) is 4.79 Å². The van der Waals surface area contributed by atoms with E-state index in [1.54, 1.807) is 0 Å². The first-order valence-corrected chi connectivity index (χ1v) is 7.09. The molecule has 0 bridgehead atoms. The minimum Gasteiger partial charge on any atom is -0.458 e. The smallest absolute Gasteiger partial charge is 0.332 e. The first-order chi connectivity index (χ1) is 7.37. The summed E-state index contributed by atoms with van der Waals surface area (Å²) in [6.45, 7) is 5.69. The molecule has 1 aliphatic carbocycles. The highest BCUT2D eigenvalue weighted by atomic mass is 127. The lowest BCUT2D eigenvalue weighted by Gasteiger charge is -2.26. The molecule has 94 valence electrons. The van der Waals surface area contributed by atoms with E-state index in [2.05, 4.69) is 22.6 Å². The zero-order valence-electron chi connectivity index (χ0n) is 10.3. The van der Waals surface area contributed by atoms with Crippen molar-refractivity contribution in [2.75, 3.05) is 6.61 Å². The van der Waals surface area contributed by atoms with E-state index in [9.17, 15) is 4.79 Å². The quantitative estimate of drug-likeness (QED) is 0.450. The van der Waals surface area contributed by atoms with Gasteiger partial charge in [-0.05, 0) is 46.5 Å². The second kappa shape index (κ2) is 6.19. The molecule has 0 radical (unpaired) electrons. The maximum atomic E-state index is 11.4. The normalized spacial score (nSPS) is 26.5. The predicted molar refractivity (Wildman–Crippen MR) is 71.9 cm³/mol. The van der Waals surface area contributed by atoms with Gasteiger partial charge in [0.05, 0.1) is 6.10 Å². The number of carbonyl (C=O) groups excluding carboxylic acids is 1. The third-order valence-electron chi connectivity index (χ3n) is 2.46. The highest BCUT2D eigenvalue weighted by Crippen LogP contribution is 2.26.